The summed E-state index contributed by atoms with van der Waals surface area (Å²) in [4.78, 5) is 25.7. The maximum Gasteiger partial charge on any atom is 0.243 e. The second-order valence-corrected chi connectivity index (χ2v) is 6.48. The van der Waals surface area contributed by atoms with E-state index >= 15 is 0 Å². The molecular formula is C22H26N2O3. The lowest BCUT2D eigenvalue weighted by Crippen LogP contribution is -2.28. The maximum absolute atomic E-state index is 12.7. The summed E-state index contributed by atoms with van der Waals surface area (Å²) in [5.41, 5.74) is 2.60. The lowest BCUT2D eigenvalue weighted by molar-refractivity contribution is -0.118. The van der Waals surface area contributed by atoms with Crippen molar-refractivity contribution in [3.8, 4) is 5.75 Å². The van der Waals surface area contributed by atoms with Crippen LogP contribution >= 0.6 is 0 Å². The molecule has 2 rings (SSSR count). The Hall–Kier alpha value is -3.08. The number of nitrogens with one attached hydrogen (secondary N) is 1. The van der Waals surface area contributed by atoms with E-state index in [-0.39, 0.29) is 24.3 Å². The van der Waals surface area contributed by atoms with Crippen LogP contribution in [0, 0.1) is 0 Å². The average molecular weight is 366 g/mol. The molecule has 5 nitrogen and oxygen atoms in total. The number of rotatable bonds is 8. The van der Waals surface area contributed by atoms with Gasteiger partial charge in [-0.05, 0) is 55.3 Å². The third-order valence-electron chi connectivity index (χ3n) is 4.07. The quantitative estimate of drug-likeness (QED) is 0.728. The molecule has 0 radical (unpaired) electrons. The second-order valence-electron chi connectivity index (χ2n) is 6.48. The van der Waals surface area contributed by atoms with E-state index in [1.165, 1.54) is 6.08 Å². The normalized spacial score (nSPS) is 10.4. The zero-order valence-electron chi connectivity index (χ0n) is 16.1. The van der Waals surface area contributed by atoms with Crippen molar-refractivity contribution in [3.63, 3.8) is 0 Å². The third kappa shape index (κ3) is 5.99. The predicted molar refractivity (Wildman–Crippen MR) is 108 cm³/mol. The topological polar surface area (TPSA) is 58.6 Å². The molecule has 142 valence electrons. The van der Waals surface area contributed by atoms with Gasteiger partial charge in [-0.25, -0.2) is 0 Å². The van der Waals surface area contributed by atoms with Crippen LogP contribution in [0.2, 0.25) is 0 Å². The van der Waals surface area contributed by atoms with Crippen molar-refractivity contribution in [2.45, 2.75) is 32.9 Å². The third-order valence-corrected chi connectivity index (χ3v) is 4.07. The van der Waals surface area contributed by atoms with Gasteiger partial charge in [0.05, 0.1) is 12.5 Å². The summed E-state index contributed by atoms with van der Waals surface area (Å²) in [6, 6.07) is 15.0. The van der Waals surface area contributed by atoms with Gasteiger partial charge >= 0.3 is 0 Å². The molecule has 0 aliphatic heterocycles. The lowest BCUT2D eigenvalue weighted by atomic mass is 10.0. The van der Waals surface area contributed by atoms with Crippen LogP contribution in [0.4, 0.5) is 5.69 Å². The summed E-state index contributed by atoms with van der Waals surface area (Å²) < 4.78 is 5.63. The molecule has 2 aromatic carbocycles. The first-order chi connectivity index (χ1) is 12.9. The van der Waals surface area contributed by atoms with Crippen LogP contribution in [0.15, 0.2) is 61.2 Å². The Labute approximate surface area is 160 Å². The average Bonchev–Trinajstić information content (AvgIpc) is 2.66. The van der Waals surface area contributed by atoms with Crippen molar-refractivity contribution >= 4 is 17.5 Å². The smallest absolute Gasteiger partial charge is 0.243 e. The van der Waals surface area contributed by atoms with Crippen LogP contribution in [0.3, 0.4) is 0 Å². The molecule has 27 heavy (non-hydrogen) atoms. The molecule has 5 heteroatoms. The monoisotopic (exact) mass is 366 g/mol. The number of hydrogen-bond donors (Lipinski definition) is 1. The molecule has 0 bridgehead atoms. The molecule has 2 amide bonds. The van der Waals surface area contributed by atoms with E-state index in [0.717, 1.165) is 22.6 Å². The Balaban J connectivity index is 2.06. The molecule has 1 N–H and O–H groups in total. The Morgan fingerprint density at radius 3 is 2.33 bits per heavy atom. The summed E-state index contributed by atoms with van der Waals surface area (Å²) >= 11 is 0. The predicted octanol–water partition coefficient (Wildman–Crippen LogP) is 3.48. The summed E-state index contributed by atoms with van der Waals surface area (Å²) in [5, 5.41) is 2.75. The molecule has 0 saturated heterocycles. The summed E-state index contributed by atoms with van der Waals surface area (Å²) in [5.74, 6) is 0.505. The van der Waals surface area contributed by atoms with Gasteiger partial charge < -0.3 is 15.0 Å². The number of likely N-dealkylation sites (N-methyl/N-ethyl adjacent to an activating group) is 1. The standard InChI is InChI=1S/C22H26N2O3/c1-5-21(25)23-15-18-9-7-6-8-17(18)14-22(26)24(4)19-10-12-20(13-11-19)27-16(2)3/h5-13,16H,1,14-15H2,2-4H3,(H,23,25). The van der Waals surface area contributed by atoms with Gasteiger partial charge in [-0.2, -0.15) is 0 Å². The summed E-state index contributed by atoms with van der Waals surface area (Å²) in [7, 11) is 1.75. The van der Waals surface area contributed by atoms with Crippen LogP contribution in [-0.4, -0.2) is 25.0 Å². The van der Waals surface area contributed by atoms with Crippen LogP contribution in [-0.2, 0) is 22.6 Å². The summed E-state index contributed by atoms with van der Waals surface area (Å²) in [6.07, 6.45) is 1.59. The van der Waals surface area contributed by atoms with Gasteiger partial charge in [0.1, 0.15) is 5.75 Å². The molecule has 0 heterocycles. The molecule has 0 fully saturated rings. The van der Waals surface area contributed by atoms with Crippen LogP contribution in [0.25, 0.3) is 0 Å². The van der Waals surface area contributed by atoms with Crippen LogP contribution < -0.4 is 15.0 Å². The van der Waals surface area contributed by atoms with Gasteiger partial charge in [0.15, 0.2) is 0 Å². The van der Waals surface area contributed by atoms with Gasteiger partial charge in [0.2, 0.25) is 11.8 Å². The van der Waals surface area contributed by atoms with Crippen molar-refractivity contribution < 1.29 is 14.3 Å². The first kappa shape index (κ1) is 20.2. The second kappa shape index (κ2) is 9.57. The van der Waals surface area contributed by atoms with E-state index in [2.05, 4.69) is 11.9 Å². The van der Waals surface area contributed by atoms with Gasteiger partial charge in [-0.15, -0.1) is 0 Å². The minimum atomic E-state index is -0.239. The van der Waals surface area contributed by atoms with E-state index in [0.29, 0.717) is 6.54 Å². The van der Waals surface area contributed by atoms with Gasteiger partial charge in [-0.1, -0.05) is 30.8 Å². The van der Waals surface area contributed by atoms with E-state index < -0.39 is 0 Å². The Morgan fingerprint density at radius 1 is 1.11 bits per heavy atom. The zero-order chi connectivity index (χ0) is 19.8. The number of hydrogen-bond acceptors (Lipinski definition) is 3. The first-order valence-electron chi connectivity index (χ1n) is 8.91. The molecule has 2 aromatic rings. The number of benzene rings is 2. The zero-order valence-corrected chi connectivity index (χ0v) is 16.1. The first-order valence-corrected chi connectivity index (χ1v) is 8.91. The molecule has 0 aromatic heterocycles. The fourth-order valence-corrected chi connectivity index (χ4v) is 2.60. The number of carbonyl (C=O) groups excluding carboxylic acids is 2. The number of nitrogens with zero attached hydrogens (tertiary/aromatic N) is 1. The Bertz CT molecular complexity index is 797. The van der Waals surface area contributed by atoms with Crippen molar-refractivity contribution in [3.05, 3.63) is 72.3 Å². The maximum atomic E-state index is 12.7. The van der Waals surface area contributed by atoms with E-state index in [1.807, 2.05) is 62.4 Å². The highest BCUT2D eigenvalue weighted by Crippen LogP contribution is 2.20. The minimum absolute atomic E-state index is 0.0324. The van der Waals surface area contributed by atoms with E-state index in [9.17, 15) is 9.59 Å². The molecule has 0 aliphatic rings. The number of carbonyl (C=O) groups is 2. The largest absolute Gasteiger partial charge is 0.491 e. The number of amides is 2. The molecule has 0 aliphatic carbocycles. The molecule has 0 saturated carbocycles. The summed E-state index contributed by atoms with van der Waals surface area (Å²) in [6.45, 7) is 7.74. The fraction of sp³-hybridized carbons (Fsp3) is 0.273. The molecular weight excluding hydrogens is 340 g/mol. The Kier molecular flexibility index (Phi) is 7.17. The fourth-order valence-electron chi connectivity index (χ4n) is 2.60. The van der Waals surface area contributed by atoms with Crippen molar-refractivity contribution in [2.75, 3.05) is 11.9 Å². The molecule has 0 spiro atoms. The molecule has 0 unspecified atom stereocenters. The van der Waals surface area contributed by atoms with Gasteiger partial charge in [0.25, 0.3) is 0 Å². The SMILES string of the molecule is C=CC(=O)NCc1ccccc1CC(=O)N(C)c1ccc(OC(C)C)cc1. The highest BCUT2D eigenvalue weighted by atomic mass is 16.5. The highest BCUT2D eigenvalue weighted by Gasteiger charge is 2.14. The number of anilines is 1. The minimum Gasteiger partial charge on any atom is -0.491 e. The number of ether oxygens (including phenoxy) is 1. The van der Waals surface area contributed by atoms with Gasteiger partial charge in [-0.3, -0.25) is 9.59 Å². The van der Waals surface area contributed by atoms with E-state index in [1.54, 1.807) is 11.9 Å². The lowest BCUT2D eigenvalue weighted by Gasteiger charge is -2.19. The van der Waals surface area contributed by atoms with E-state index in [4.69, 9.17) is 4.74 Å². The van der Waals surface area contributed by atoms with Crippen molar-refractivity contribution in [1.29, 1.82) is 0 Å². The molecule has 0 atom stereocenters. The Morgan fingerprint density at radius 2 is 1.74 bits per heavy atom. The highest BCUT2D eigenvalue weighted by molar-refractivity contribution is 5.94. The van der Waals surface area contributed by atoms with Crippen LogP contribution in [0.1, 0.15) is 25.0 Å². The van der Waals surface area contributed by atoms with Gasteiger partial charge in [0, 0.05) is 19.3 Å². The van der Waals surface area contributed by atoms with Crippen molar-refractivity contribution in [2.24, 2.45) is 0 Å². The van der Waals surface area contributed by atoms with Crippen molar-refractivity contribution in [1.82, 2.24) is 5.32 Å². The van der Waals surface area contributed by atoms with Crippen LogP contribution in [0.5, 0.6) is 5.75 Å².